The van der Waals surface area contributed by atoms with Gasteiger partial charge in [0.05, 0.1) is 12.0 Å². The van der Waals surface area contributed by atoms with E-state index >= 15 is 0 Å². The van der Waals surface area contributed by atoms with Crippen molar-refractivity contribution >= 4 is 11.9 Å². The Labute approximate surface area is 195 Å². The second kappa shape index (κ2) is 18.5. The van der Waals surface area contributed by atoms with E-state index in [1.807, 2.05) is 0 Å². The maximum Gasteiger partial charge on any atom is 0.220 e. The first-order valence-corrected chi connectivity index (χ1v) is 12.8. The van der Waals surface area contributed by atoms with Crippen molar-refractivity contribution in [1.29, 1.82) is 0 Å². The summed E-state index contributed by atoms with van der Waals surface area (Å²) < 4.78 is 0. The molecule has 1 unspecified atom stereocenters. The van der Waals surface area contributed by atoms with Crippen molar-refractivity contribution in [2.24, 2.45) is 0 Å². The molecule has 0 fully saturated rings. The number of aromatic hydroxyl groups is 1. The lowest BCUT2D eigenvalue weighted by Gasteiger charge is -2.20. The minimum atomic E-state index is -1.29. The van der Waals surface area contributed by atoms with E-state index in [4.69, 9.17) is 0 Å². The third kappa shape index (κ3) is 14.9. The number of nitrogens with one attached hydrogen (secondary N) is 1. The van der Waals surface area contributed by atoms with Crippen LogP contribution in [0.15, 0.2) is 24.3 Å². The van der Waals surface area contributed by atoms with Gasteiger partial charge in [-0.3, -0.25) is 4.79 Å². The van der Waals surface area contributed by atoms with Gasteiger partial charge < -0.3 is 20.3 Å². The second-order valence-corrected chi connectivity index (χ2v) is 9.01. The van der Waals surface area contributed by atoms with Crippen LogP contribution in [0.1, 0.15) is 115 Å². The van der Waals surface area contributed by atoms with E-state index < -0.39 is 12.0 Å². The number of amides is 1. The van der Waals surface area contributed by atoms with Gasteiger partial charge in [-0.1, -0.05) is 109 Å². The van der Waals surface area contributed by atoms with E-state index in [1.165, 1.54) is 89.2 Å². The van der Waals surface area contributed by atoms with E-state index in [1.54, 1.807) is 12.1 Å². The summed E-state index contributed by atoms with van der Waals surface area (Å²) in [5.74, 6) is -1.41. The highest BCUT2D eigenvalue weighted by Crippen LogP contribution is 2.14. The molecule has 0 bridgehead atoms. The first-order chi connectivity index (χ1) is 15.5. The molecule has 5 nitrogen and oxygen atoms in total. The summed E-state index contributed by atoms with van der Waals surface area (Å²) in [6, 6.07) is 5.24. The highest BCUT2D eigenvalue weighted by molar-refractivity contribution is 5.82. The summed E-state index contributed by atoms with van der Waals surface area (Å²) in [6.07, 6.45) is 19.5. The molecule has 0 aliphatic rings. The number of hydrogen-bond acceptors (Lipinski definition) is 4. The molecule has 0 aliphatic heterocycles. The van der Waals surface area contributed by atoms with Crippen molar-refractivity contribution in [3.63, 3.8) is 0 Å². The molecule has 0 aromatic heterocycles. The van der Waals surface area contributed by atoms with Gasteiger partial charge in [0.1, 0.15) is 5.75 Å². The standard InChI is InChI=1S/C27H45NO4/c1-2-3-4-5-6-7-8-9-10-11-12-13-14-15-16-17-26(30)28-25(27(31)32)22-23-18-20-24(29)21-19-23/h18-21,25,29H,2-17,22H2,1H3,(H,28,30)(H,31,32)/p-1. The molecule has 0 spiro atoms. The molecule has 32 heavy (non-hydrogen) atoms. The minimum Gasteiger partial charge on any atom is -0.548 e. The van der Waals surface area contributed by atoms with Crippen LogP contribution in [0.3, 0.4) is 0 Å². The zero-order chi connectivity index (χ0) is 23.4. The Kier molecular flexibility index (Phi) is 16.2. The van der Waals surface area contributed by atoms with Gasteiger partial charge in [-0.15, -0.1) is 0 Å². The first-order valence-electron chi connectivity index (χ1n) is 12.8. The molecule has 1 rings (SSSR count). The van der Waals surface area contributed by atoms with E-state index in [0.717, 1.165) is 24.8 Å². The van der Waals surface area contributed by atoms with Gasteiger partial charge >= 0.3 is 0 Å². The first kappa shape index (κ1) is 28.0. The van der Waals surface area contributed by atoms with Gasteiger partial charge in [0, 0.05) is 6.42 Å². The summed E-state index contributed by atoms with van der Waals surface area (Å²) in [5, 5.41) is 23.2. The van der Waals surface area contributed by atoms with E-state index in [9.17, 15) is 19.8 Å². The van der Waals surface area contributed by atoms with Crippen LogP contribution in [0.5, 0.6) is 5.75 Å². The summed E-state index contributed by atoms with van der Waals surface area (Å²) in [7, 11) is 0. The Morgan fingerprint density at radius 3 is 1.66 bits per heavy atom. The van der Waals surface area contributed by atoms with Crippen molar-refractivity contribution in [2.75, 3.05) is 0 Å². The zero-order valence-corrected chi connectivity index (χ0v) is 20.1. The minimum absolute atomic E-state index is 0.121. The number of hydrogen-bond donors (Lipinski definition) is 2. The zero-order valence-electron chi connectivity index (χ0n) is 20.1. The highest BCUT2D eigenvalue weighted by atomic mass is 16.4. The summed E-state index contributed by atoms with van der Waals surface area (Å²) in [5.41, 5.74) is 0.726. The average molecular weight is 447 g/mol. The maximum absolute atomic E-state index is 12.1. The van der Waals surface area contributed by atoms with Crippen molar-refractivity contribution in [3.05, 3.63) is 29.8 Å². The number of rotatable bonds is 20. The SMILES string of the molecule is CCCCCCCCCCCCCCCCCC(=O)NC(Cc1ccc(O)cc1)C(=O)[O-]. The van der Waals surface area contributed by atoms with Gasteiger partial charge in [-0.2, -0.15) is 0 Å². The Bertz CT molecular complexity index is 615. The quantitative estimate of drug-likeness (QED) is 0.261. The number of phenols is 1. The molecule has 1 aromatic rings. The molecule has 0 heterocycles. The molecule has 5 heteroatoms. The molecule has 2 N–H and O–H groups in total. The third-order valence-electron chi connectivity index (χ3n) is 6.00. The fourth-order valence-corrected chi connectivity index (χ4v) is 3.98. The van der Waals surface area contributed by atoms with E-state index in [2.05, 4.69) is 12.2 Å². The van der Waals surface area contributed by atoms with Crippen LogP contribution >= 0.6 is 0 Å². The number of carbonyl (C=O) groups excluding carboxylic acids is 2. The van der Waals surface area contributed by atoms with Gasteiger partial charge in [0.15, 0.2) is 0 Å². The van der Waals surface area contributed by atoms with Gasteiger partial charge in [-0.05, 0) is 30.5 Å². The lowest BCUT2D eigenvalue weighted by Crippen LogP contribution is -2.49. The number of carboxylic acids is 1. The van der Waals surface area contributed by atoms with Crippen molar-refractivity contribution < 1.29 is 19.8 Å². The third-order valence-corrected chi connectivity index (χ3v) is 6.00. The lowest BCUT2D eigenvalue weighted by atomic mass is 10.0. The Balaban J connectivity index is 1.99. The number of carboxylic acid groups (broad SMARTS) is 1. The predicted molar refractivity (Wildman–Crippen MR) is 128 cm³/mol. The van der Waals surface area contributed by atoms with Crippen molar-refractivity contribution in [3.8, 4) is 5.75 Å². The predicted octanol–water partition coefficient (Wildman–Crippen LogP) is 5.43. The number of carbonyl (C=O) groups is 2. The second-order valence-electron chi connectivity index (χ2n) is 9.01. The van der Waals surface area contributed by atoms with Crippen LogP contribution in [0.4, 0.5) is 0 Å². The fraction of sp³-hybridized carbons (Fsp3) is 0.704. The number of unbranched alkanes of at least 4 members (excludes halogenated alkanes) is 14. The van der Waals surface area contributed by atoms with E-state index in [-0.39, 0.29) is 18.1 Å². The van der Waals surface area contributed by atoms with Crippen LogP contribution in [0.2, 0.25) is 0 Å². The van der Waals surface area contributed by atoms with Crippen molar-refractivity contribution in [2.45, 2.75) is 122 Å². The molecular weight excluding hydrogens is 402 g/mol. The molecule has 1 atom stereocenters. The normalized spacial score (nSPS) is 11.9. The molecular formula is C27H44NO4-. The van der Waals surface area contributed by atoms with Crippen LogP contribution in [-0.4, -0.2) is 23.0 Å². The van der Waals surface area contributed by atoms with E-state index in [0.29, 0.717) is 6.42 Å². The van der Waals surface area contributed by atoms with Crippen LogP contribution in [0, 0.1) is 0 Å². The Morgan fingerprint density at radius 1 is 0.781 bits per heavy atom. The summed E-state index contributed by atoms with van der Waals surface area (Å²) >= 11 is 0. The number of phenolic OH excluding ortho intramolecular Hbond substituents is 1. The van der Waals surface area contributed by atoms with Gasteiger partial charge in [0.2, 0.25) is 5.91 Å². The molecule has 0 saturated carbocycles. The maximum atomic E-state index is 12.1. The van der Waals surface area contributed by atoms with Gasteiger partial charge in [0.25, 0.3) is 0 Å². The van der Waals surface area contributed by atoms with Gasteiger partial charge in [-0.25, -0.2) is 0 Å². The highest BCUT2D eigenvalue weighted by Gasteiger charge is 2.14. The summed E-state index contributed by atoms with van der Waals surface area (Å²) in [6.45, 7) is 2.26. The molecule has 182 valence electrons. The molecule has 0 radical (unpaired) electrons. The van der Waals surface area contributed by atoms with Crippen LogP contribution in [0.25, 0.3) is 0 Å². The molecule has 0 saturated heterocycles. The number of aliphatic carboxylic acids is 1. The lowest BCUT2D eigenvalue weighted by molar-refractivity contribution is -0.308. The summed E-state index contributed by atoms with van der Waals surface area (Å²) in [4.78, 5) is 23.4. The Morgan fingerprint density at radius 2 is 1.22 bits per heavy atom. The Hall–Kier alpha value is -2.04. The van der Waals surface area contributed by atoms with Crippen LogP contribution < -0.4 is 10.4 Å². The largest absolute Gasteiger partial charge is 0.548 e. The monoisotopic (exact) mass is 446 g/mol. The smallest absolute Gasteiger partial charge is 0.220 e. The molecule has 1 aromatic carbocycles. The molecule has 1 amide bonds. The fourth-order valence-electron chi connectivity index (χ4n) is 3.98. The number of benzene rings is 1. The topological polar surface area (TPSA) is 89.5 Å². The average Bonchev–Trinajstić information content (AvgIpc) is 2.77. The molecule has 0 aliphatic carbocycles. The van der Waals surface area contributed by atoms with Crippen LogP contribution in [-0.2, 0) is 16.0 Å². The van der Waals surface area contributed by atoms with Crippen molar-refractivity contribution in [1.82, 2.24) is 5.32 Å².